The lowest BCUT2D eigenvalue weighted by atomic mass is 9.99. The molecule has 18 heavy (non-hydrogen) atoms. The summed E-state index contributed by atoms with van der Waals surface area (Å²) in [7, 11) is 0. The molecule has 1 aromatic heterocycles. The molecule has 0 spiro atoms. The zero-order valence-corrected chi connectivity index (χ0v) is 11.8. The topological polar surface area (TPSA) is 54.7 Å². The van der Waals surface area contributed by atoms with Crippen molar-refractivity contribution >= 4 is 29.0 Å². The highest BCUT2D eigenvalue weighted by Gasteiger charge is 2.15. The SMILES string of the molecule is CC(C)Cc1[nH]nc(N)c1-c1ccc(Cl)c(Cl)c1. The van der Waals surface area contributed by atoms with Gasteiger partial charge in [0.2, 0.25) is 0 Å². The molecule has 3 nitrogen and oxygen atoms in total. The second kappa shape index (κ2) is 5.21. The van der Waals surface area contributed by atoms with Crippen molar-refractivity contribution in [3.8, 4) is 11.1 Å². The summed E-state index contributed by atoms with van der Waals surface area (Å²) in [5, 5.41) is 8.12. The Labute approximate surface area is 116 Å². The fraction of sp³-hybridized carbons (Fsp3) is 0.308. The first kappa shape index (κ1) is 13.2. The van der Waals surface area contributed by atoms with Crippen molar-refractivity contribution in [2.24, 2.45) is 5.92 Å². The van der Waals surface area contributed by atoms with Crippen LogP contribution in [0.3, 0.4) is 0 Å². The monoisotopic (exact) mass is 283 g/mol. The lowest BCUT2D eigenvalue weighted by Crippen LogP contribution is -1.97. The zero-order chi connectivity index (χ0) is 13.3. The Balaban J connectivity index is 2.48. The molecule has 1 heterocycles. The number of H-pyrrole nitrogens is 1. The first-order chi connectivity index (χ1) is 8.49. The molecule has 0 aliphatic rings. The van der Waals surface area contributed by atoms with Gasteiger partial charge in [0, 0.05) is 11.3 Å². The van der Waals surface area contributed by atoms with Gasteiger partial charge in [-0.25, -0.2) is 0 Å². The fourth-order valence-corrected chi connectivity index (χ4v) is 2.22. The highest BCUT2D eigenvalue weighted by molar-refractivity contribution is 6.42. The van der Waals surface area contributed by atoms with E-state index in [0.717, 1.165) is 23.2 Å². The number of aromatic amines is 1. The van der Waals surface area contributed by atoms with Gasteiger partial charge in [-0.15, -0.1) is 0 Å². The Morgan fingerprint density at radius 2 is 2.00 bits per heavy atom. The van der Waals surface area contributed by atoms with Crippen LogP contribution in [0.4, 0.5) is 5.82 Å². The summed E-state index contributed by atoms with van der Waals surface area (Å²) in [6.07, 6.45) is 0.889. The van der Waals surface area contributed by atoms with Crippen LogP contribution in [0, 0.1) is 5.92 Å². The van der Waals surface area contributed by atoms with E-state index in [4.69, 9.17) is 28.9 Å². The average Bonchev–Trinajstić information content (AvgIpc) is 2.63. The van der Waals surface area contributed by atoms with E-state index in [0.29, 0.717) is 21.8 Å². The van der Waals surface area contributed by atoms with Gasteiger partial charge in [0.25, 0.3) is 0 Å². The molecule has 1 aromatic carbocycles. The van der Waals surface area contributed by atoms with Crippen LogP contribution in [0.25, 0.3) is 11.1 Å². The number of nitrogens with zero attached hydrogens (tertiary/aromatic N) is 1. The van der Waals surface area contributed by atoms with Crippen LogP contribution in [-0.2, 0) is 6.42 Å². The number of halogens is 2. The van der Waals surface area contributed by atoms with E-state index in [1.54, 1.807) is 6.07 Å². The predicted molar refractivity (Wildman–Crippen MR) is 77.0 cm³/mol. The summed E-state index contributed by atoms with van der Waals surface area (Å²) in [6.45, 7) is 4.30. The van der Waals surface area contributed by atoms with Gasteiger partial charge < -0.3 is 5.73 Å². The van der Waals surface area contributed by atoms with Crippen LogP contribution in [-0.4, -0.2) is 10.2 Å². The van der Waals surface area contributed by atoms with Crippen molar-refractivity contribution in [3.05, 3.63) is 33.9 Å². The summed E-state index contributed by atoms with van der Waals surface area (Å²) in [5.74, 6) is 1.01. The van der Waals surface area contributed by atoms with E-state index in [1.165, 1.54) is 0 Å². The van der Waals surface area contributed by atoms with E-state index in [9.17, 15) is 0 Å². The van der Waals surface area contributed by atoms with Crippen LogP contribution in [0.15, 0.2) is 18.2 Å². The smallest absolute Gasteiger partial charge is 0.153 e. The first-order valence-electron chi connectivity index (χ1n) is 5.77. The van der Waals surface area contributed by atoms with E-state index in [2.05, 4.69) is 24.0 Å². The summed E-state index contributed by atoms with van der Waals surface area (Å²) in [4.78, 5) is 0. The summed E-state index contributed by atoms with van der Waals surface area (Å²) >= 11 is 12.0. The molecule has 0 atom stereocenters. The Kier molecular flexibility index (Phi) is 3.83. The molecule has 0 unspecified atom stereocenters. The molecule has 0 aliphatic carbocycles. The molecule has 0 fully saturated rings. The largest absolute Gasteiger partial charge is 0.382 e. The van der Waals surface area contributed by atoms with Crippen molar-refractivity contribution in [3.63, 3.8) is 0 Å². The maximum Gasteiger partial charge on any atom is 0.153 e. The molecule has 0 saturated heterocycles. The third-order valence-electron chi connectivity index (χ3n) is 2.69. The Morgan fingerprint density at radius 3 is 2.61 bits per heavy atom. The molecule has 0 aliphatic heterocycles. The van der Waals surface area contributed by atoms with Gasteiger partial charge in [-0.05, 0) is 30.0 Å². The molecule has 0 radical (unpaired) electrons. The molecule has 0 amide bonds. The second-order valence-electron chi connectivity index (χ2n) is 4.69. The standard InChI is InChI=1S/C13H15Cl2N3/c1-7(2)5-11-12(13(16)18-17-11)8-3-4-9(14)10(15)6-8/h3-4,6-7H,5H2,1-2H3,(H3,16,17,18). The van der Waals surface area contributed by atoms with Crippen LogP contribution in [0.2, 0.25) is 10.0 Å². The fourth-order valence-electron chi connectivity index (χ4n) is 1.92. The van der Waals surface area contributed by atoms with Gasteiger partial charge >= 0.3 is 0 Å². The number of rotatable bonds is 3. The number of hydrogen-bond donors (Lipinski definition) is 2. The minimum Gasteiger partial charge on any atom is -0.382 e. The van der Waals surface area contributed by atoms with E-state index >= 15 is 0 Å². The number of nitrogen functional groups attached to an aromatic ring is 1. The van der Waals surface area contributed by atoms with Gasteiger partial charge in [-0.3, -0.25) is 5.10 Å². The molecule has 2 rings (SSSR count). The summed E-state index contributed by atoms with van der Waals surface area (Å²) < 4.78 is 0. The quantitative estimate of drug-likeness (QED) is 0.889. The van der Waals surface area contributed by atoms with Crippen molar-refractivity contribution in [1.82, 2.24) is 10.2 Å². The number of hydrogen-bond acceptors (Lipinski definition) is 2. The van der Waals surface area contributed by atoms with Crippen molar-refractivity contribution in [2.75, 3.05) is 5.73 Å². The van der Waals surface area contributed by atoms with Gasteiger partial charge in [-0.1, -0.05) is 43.1 Å². The number of nitrogens with one attached hydrogen (secondary N) is 1. The molecule has 0 bridgehead atoms. The summed E-state index contributed by atoms with van der Waals surface area (Å²) in [6, 6.07) is 5.49. The third kappa shape index (κ3) is 2.62. The summed E-state index contributed by atoms with van der Waals surface area (Å²) in [5.41, 5.74) is 8.80. The highest BCUT2D eigenvalue weighted by atomic mass is 35.5. The maximum atomic E-state index is 6.04. The minimum absolute atomic E-state index is 0.490. The van der Waals surface area contributed by atoms with Crippen molar-refractivity contribution in [2.45, 2.75) is 20.3 Å². The van der Waals surface area contributed by atoms with Crippen LogP contribution >= 0.6 is 23.2 Å². The van der Waals surface area contributed by atoms with Gasteiger partial charge in [0.15, 0.2) is 5.82 Å². The lowest BCUT2D eigenvalue weighted by molar-refractivity contribution is 0.634. The van der Waals surface area contributed by atoms with Gasteiger partial charge in [-0.2, -0.15) is 5.10 Å². The normalized spacial score (nSPS) is 11.2. The Hall–Kier alpha value is -1.19. The molecule has 3 N–H and O–H groups in total. The van der Waals surface area contributed by atoms with E-state index < -0.39 is 0 Å². The zero-order valence-electron chi connectivity index (χ0n) is 10.3. The predicted octanol–water partition coefficient (Wildman–Crippen LogP) is 4.16. The minimum atomic E-state index is 0.490. The van der Waals surface area contributed by atoms with Gasteiger partial charge in [0.05, 0.1) is 10.0 Å². The lowest BCUT2D eigenvalue weighted by Gasteiger charge is -2.07. The second-order valence-corrected chi connectivity index (χ2v) is 5.50. The van der Waals surface area contributed by atoms with Crippen molar-refractivity contribution in [1.29, 1.82) is 0 Å². The number of nitrogens with two attached hydrogens (primary N) is 1. The third-order valence-corrected chi connectivity index (χ3v) is 3.43. The van der Waals surface area contributed by atoms with E-state index in [1.807, 2.05) is 12.1 Å². The van der Waals surface area contributed by atoms with Crippen LogP contribution < -0.4 is 5.73 Å². The molecule has 96 valence electrons. The average molecular weight is 284 g/mol. The molecular formula is C13H15Cl2N3. The molecule has 0 saturated carbocycles. The molecular weight excluding hydrogens is 269 g/mol. The van der Waals surface area contributed by atoms with Crippen LogP contribution in [0.1, 0.15) is 19.5 Å². The number of aromatic nitrogens is 2. The van der Waals surface area contributed by atoms with Crippen molar-refractivity contribution < 1.29 is 0 Å². The number of benzene rings is 1. The maximum absolute atomic E-state index is 6.04. The van der Waals surface area contributed by atoms with E-state index in [-0.39, 0.29) is 0 Å². The first-order valence-corrected chi connectivity index (χ1v) is 6.52. The highest BCUT2D eigenvalue weighted by Crippen LogP contribution is 2.33. The van der Waals surface area contributed by atoms with Crippen LogP contribution in [0.5, 0.6) is 0 Å². The molecule has 5 heteroatoms. The Morgan fingerprint density at radius 1 is 1.28 bits per heavy atom. The van der Waals surface area contributed by atoms with Gasteiger partial charge in [0.1, 0.15) is 0 Å². The molecule has 2 aromatic rings. The Bertz CT molecular complexity index is 561. The number of anilines is 1.